The molecule has 4 nitrogen and oxygen atoms in total. The number of esters is 1. The van der Waals surface area contributed by atoms with Gasteiger partial charge in [-0.3, -0.25) is 9.59 Å². The molecule has 0 saturated heterocycles. The number of carbonyl (C=O) groups excluding carboxylic acids is 2. The number of hydrogen-bond acceptors (Lipinski definition) is 4. The summed E-state index contributed by atoms with van der Waals surface area (Å²) >= 11 is 0. The minimum absolute atomic E-state index is 0.243. The molecule has 0 fully saturated rings. The van der Waals surface area contributed by atoms with Crippen LogP contribution in [0.4, 0.5) is 0 Å². The van der Waals surface area contributed by atoms with Crippen molar-refractivity contribution in [3.8, 4) is 5.75 Å². The summed E-state index contributed by atoms with van der Waals surface area (Å²) in [4.78, 5) is 22.8. The lowest BCUT2D eigenvalue weighted by Gasteiger charge is -2.29. The van der Waals surface area contributed by atoms with Crippen LogP contribution in [0.3, 0.4) is 0 Å². The Kier molecular flexibility index (Phi) is 4.14. The summed E-state index contributed by atoms with van der Waals surface area (Å²) in [6.07, 6.45) is 0.689. The van der Waals surface area contributed by atoms with Crippen LogP contribution in [-0.2, 0) is 15.6 Å². The van der Waals surface area contributed by atoms with Gasteiger partial charge in [-0.05, 0) is 23.0 Å². The number of hydrogen-bond donors (Lipinski definition) is 0. The van der Waals surface area contributed by atoms with Crippen molar-refractivity contribution in [1.29, 1.82) is 0 Å². The highest BCUT2D eigenvalue weighted by Crippen LogP contribution is 2.45. The van der Waals surface area contributed by atoms with Gasteiger partial charge in [-0.25, -0.2) is 0 Å². The van der Waals surface area contributed by atoms with E-state index in [2.05, 4.69) is 41.5 Å². The Morgan fingerprint density at radius 1 is 1.09 bits per heavy atom. The fourth-order valence-corrected chi connectivity index (χ4v) is 2.79. The number of ether oxygens (including phenoxy) is 1. The van der Waals surface area contributed by atoms with E-state index in [-0.39, 0.29) is 22.6 Å². The fourth-order valence-electron chi connectivity index (χ4n) is 2.79. The van der Waals surface area contributed by atoms with Crippen molar-refractivity contribution < 1.29 is 18.7 Å². The number of aldehydes is 1. The molecule has 0 radical (unpaired) electrons. The minimum atomic E-state index is -0.362. The lowest BCUT2D eigenvalue weighted by atomic mass is 9.78. The highest BCUT2D eigenvalue weighted by Gasteiger charge is 2.31. The zero-order valence-electron chi connectivity index (χ0n) is 14.9. The number of carbonyl (C=O) groups is 2. The lowest BCUT2D eigenvalue weighted by Crippen LogP contribution is -2.21. The molecule has 1 aromatic heterocycles. The van der Waals surface area contributed by atoms with E-state index >= 15 is 0 Å². The normalized spacial score (nSPS) is 12.5. The zero-order chi connectivity index (χ0) is 17.6. The molecule has 0 saturated carbocycles. The van der Waals surface area contributed by atoms with Crippen molar-refractivity contribution in [2.24, 2.45) is 0 Å². The number of rotatable bonds is 2. The number of furan rings is 1. The second-order valence-electron chi connectivity index (χ2n) is 7.90. The Morgan fingerprint density at radius 2 is 1.70 bits per heavy atom. The number of fused-ring (bicyclic) bond motifs is 1. The molecule has 0 bridgehead atoms. The average Bonchev–Trinajstić information content (AvgIpc) is 2.76. The minimum Gasteiger partial charge on any atom is -0.453 e. The van der Waals surface area contributed by atoms with Gasteiger partial charge in [0.1, 0.15) is 11.3 Å². The first-order chi connectivity index (χ1) is 10.4. The second kappa shape index (κ2) is 5.52. The largest absolute Gasteiger partial charge is 0.453 e. The molecule has 1 aromatic carbocycles. The monoisotopic (exact) mass is 316 g/mol. The predicted molar refractivity (Wildman–Crippen MR) is 90.3 cm³/mol. The molecule has 4 heteroatoms. The first-order valence-electron chi connectivity index (χ1n) is 7.70. The van der Waals surface area contributed by atoms with Gasteiger partial charge in [0.25, 0.3) is 0 Å². The first-order valence-corrected chi connectivity index (χ1v) is 7.70. The summed E-state index contributed by atoms with van der Waals surface area (Å²) in [7, 11) is 0. The Balaban J connectivity index is 2.99. The van der Waals surface area contributed by atoms with E-state index in [0.717, 1.165) is 16.5 Å². The third-order valence-corrected chi connectivity index (χ3v) is 3.72. The maximum atomic E-state index is 11.7. The highest BCUT2D eigenvalue weighted by molar-refractivity contribution is 5.92. The Hall–Kier alpha value is -2.10. The van der Waals surface area contributed by atoms with Crippen LogP contribution >= 0.6 is 0 Å². The molecule has 0 atom stereocenters. The summed E-state index contributed by atoms with van der Waals surface area (Å²) in [5.74, 6) is 0.480. The maximum absolute atomic E-state index is 11.7. The van der Waals surface area contributed by atoms with Crippen LogP contribution in [0.5, 0.6) is 5.75 Å². The van der Waals surface area contributed by atoms with E-state index in [1.807, 2.05) is 6.07 Å². The predicted octanol–water partition coefficient (Wildman–Crippen LogP) is 4.77. The average molecular weight is 316 g/mol. The molecule has 2 rings (SSSR count). The first kappa shape index (κ1) is 17.3. The maximum Gasteiger partial charge on any atom is 0.308 e. The topological polar surface area (TPSA) is 56.5 Å². The van der Waals surface area contributed by atoms with Gasteiger partial charge in [0.05, 0.1) is 0 Å². The SMILES string of the molecule is CC(=O)Oc1c(C(C)(C)C)cc2oc(C=O)cc2c1C(C)(C)C. The van der Waals surface area contributed by atoms with Crippen molar-refractivity contribution in [2.75, 3.05) is 0 Å². The van der Waals surface area contributed by atoms with Gasteiger partial charge in [0.2, 0.25) is 0 Å². The Morgan fingerprint density at radius 3 is 2.13 bits per heavy atom. The van der Waals surface area contributed by atoms with Crippen LogP contribution in [-0.4, -0.2) is 12.3 Å². The summed E-state index contributed by atoms with van der Waals surface area (Å²) in [6.45, 7) is 13.7. The van der Waals surface area contributed by atoms with Gasteiger partial charge < -0.3 is 9.15 Å². The van der Waals surface area contributed by atoms with E-state index in [9.17, 15) is 9.59 Å². The molecule has 0 aliphatic rings. The molecule has 23 heavy (non-hydrogen) atoms. The summed E-state index contributed by atoms with van der Waals surface area (Å²) in [6, 6.07) is 3.58. The van der Waals surface area contributed by atoms with Gasteiger partial charge in [0, 0.05) is 23.4 Å². The van der Waals surface area contributed by atoms with Crippen molar-refractivity contribution in [2.45, 2.75) is 59.3 Å². The molecular formula is C19H24O4. The summed E-state index contributed by atoms with van der Waals surface area (Å²) in [5.41, 5.74) is 1.88. The van der Waals surface area contributed by atoms with Gasteiger partial charge >= 0.3 is 5.97 Å². The van der Waals surface area contributed by atoms with Crippen LogP contribution in [0.1, 0.15) is 70.1 Å². The standard InChI is InChI=1S/C19H24O4/c1-11(21)22-17-14(18(2,3)4)9-15-13(8-12(10-20)23-15)16(17)19(5,6)7/h8-10H,1-7H3. The van der Waals surface area contributed by atoms with Gasteiger partial charge in [0.15, 0.2) is 12.0 Å². The lowest BCUT2D eigenvalue weighted by molar-refractivity contribution is -0.132. The van der Waals surface area contributed by atoms with E-state index < -0.39 is 0 Å². The van der Waals surface area contributed by atoms with Crippen LogP contribution in [0.2, 0.25) is 0 Å². The highest BCUT2D eigenvalue weighted by atomic mass is 16.5. The van der Waals surface area contributed by atoms with Crippen molar-refractivity contribution in [1.82, 2.24) is 0 Å². The molecule has 0 aliphatic heterocycles. The van der Waals surface area contributed by atoms with Crippen LogP contribution in [0.15, 0.2) is 16.5 Å². The third-order valence-electron chi connectivity index (χ3n) is 3.72. The fraction of sp³-hybridized carbons (Fsp3) is 0.474. The molecule has 0 amide bonds. The molecule has 0 unspecified atom stereocenters. The van der Waals surface area contributed by atoms with Gasteiger partial charge in [-0.15, -0.1) is 0 Å². The summed E-state index contributed by atoms with van der Waals surface area (Å²) < 4.78 is 11.3. The zero-order valence-corrected chi connectivity index (χ0v) is 14.9. The van der Waals surface area contributed by atoms with E-state index in [1.54, 1.807) is 6.07 Å². The van der Waals surface area contributed by atoms with Gasteiger partial charge in [-0.2, -0.15) is 0 Å². The molecule has 2 aromatic rings. The smallest absolute Gasteiger partial charge is 0.308 e. The number of benzene rings is 1. The van der Waals surface area contributed by atoms with Crippen LogP contribution < -0.4 is 4.74 Å². The van der Waals surface area contributed by atoms with Crippen molar-refractivity contribution in [3.05, 3.63) is 29.0 Å². The Bertz CT molecular complexity index is 767. The third kappa shape index (κ3) is 3.31. The second-order valence-corrected chi connectivity index (χ2v) is 7.90. The van der Waals surface area contributed by atoms with E-state index in [0.29, 0.717) is 17.6 Å². The van der Waals surface area contributed by atoms with Crippen LogP contribution in [0.25, 0.3) is 11.0 Å². The molecule has 0 spiro atoms. The van der Waals surface area contributed by atoms with Crippen LogP contribution in [0, 0.1) is 0 Å². The quantitative estimate of drug-likeness (QED) is 0.455. The van der Waals surface area contributed by atoms with E-state index in [1.165, 1.54) is 6.92 Å². The van der Waals surface area contributed by atoms with Crippen molar-refractivity contribution in [3.63, 3.8) is 0 Å². The molecule has 0 aliphatic carbocycles. The molecular weight excluding hydrogens is 292 g/mol. The molecule has 124 valence electrons. The van der Waals surface area contributed by atoms with E-state index in [4.69, 9.17) is 9.15 Å². The Labute approximate surface area is 136 Å². The molecule has 1 heterocycles. The summed E-state index contributed by atoms with van der Waals surface area (Å²) in [5, 5.41) is 0.809. The molecule has 0 N–H and O–H groups in total. The van der Waals surface area contributed by atoms with Gasteiger partial charge in [-0.1, -0.05) is 41.5 Å². The van der Waals surface area contributed by atoms with Crippen molar-refractivity contribution >= 4 is 23.2 Å².